The van der Waals surface area contributed by atoms with Crippen molar-refractivity contribution in [1.82, 2.24) is 10.2 Å². The Morgan fingerprint density at radius 2 is 2.24 bits per heavy atom. The van der Waals surface area contributed by atoms with Gasteiger partial charge in [-0.05, 0) is 38.0 Å². The van der Waals surface area contributed by atoms with E-state index in [4.69, 9.17) is 17.3 Å². The summed E-state index contributed by atoms with van der Waals surface area (Å²) in [5, 5.41) is 3.37. The second-order valence-corrected chi connectivity index (χ2v) is 5.93. The van der Waals surface area contributed by atoms with Crippen LogP contribution < -0.4 is 11.1 Å². The number of carbonyl (C=O) groups is 2. The van der Waals surface area contributed by atoms with Crippen LogP contribution in [0.1, 0.15) is 32.3 Å². The van der Waals surface area contributed by atoms with Gasteiger partial charge in [-0.1, -0.05) is 17.7 Å². The van der Waals surface area contributed by atoms with E-state index in [1.165, 1.54) is 0 Å². The molecule has 1 aliphatic rings. The summed E-state index contributed by atoms with van der Waals surface area (Å²) in [6.45, 7) is 4.16. The number of hydrogen-bond acceptors (Lipinski definition) is 3. The highest BCUT2D eigenvalue weighted by Crippen LogP contribution is 2.22. The Kier molecular flexibility index (Phi) is 4.73. The van der Waals surface area contributed by atoms with Crippen LogP contribution in [0.15, 0.2) is 18.2 Å². The highest BCUT2D eigenvalue weighted by atomic mass is 35.5. The lowest BCUT2D eigenvalue weighted by atomic mass is 10.1. The lowest BCUT2D eigenvalue weighted by Crippen LogP contribution is -2.47. The molecular formula is C15H20ClN3O2. The number of nitrogen functional groups attached to an aromatic ring is 1. The Morgan fingerprint density at radius 1 is 1.52 bits per heavy atom. The van der Waals surface area contributed by atoms with E-state index in [0.29, 0.717) is 30.1 Å². The molecule has 3 N–H and O–H groups in total. The van der Waals surface area contributed by atoms with Crippen molar-refractivity contribution in [3.63, 3.8) is 0 Å². The first-order chi connectivity index (χ1) is 9.90. The van der Waals surface area contributed by atoms with E-state index in [-0.39, 0.29) is 23.9 Å². The molecule has 0 spiro atoms. The van der Waals surface area contributed by atoms with Crippen molar-refractivity contribution >= 4 is 29.1 Å². The minimum atomic E-state index is -0.384. The van der Waals surface area contributed by atoms with Crippen LogP contribution in [-0.2, 0) is 16.1 Å². The van der Waals surface area contributed by atoms with Crippen molar-refractivity contribution in [1.29, 1.82) is 0 Å². The third-order valence-electron chi connectivity index (χ3n) is 3.64. The van der Waals surface area contributed by atoms with Gasteiger partial charge >= 0.3 is 0 Å². The Morgan fingerprint density at radius 3 is 2.86 bits per heavy atom. The molecule has 5 nitrogen and oxygen atoms in total. The lowest BCUT2D eigenvalue weighted by molar-refractivity contribution is -0.137. The zero-order chi connectivity index (χ0) is 15.6. The summed E-state index contributed by atoms with van der Waals surface area (Å²) in [4.78, 5) is 25.7. The molecule has 6 heteroatoms. The summed E-state index contributed by atoms with van der Waals surface area (Å²) < 4.78 is 0. The Hall–Kier alpha value is -1.75. The molecule has 21 heavy (non-hydrogen) atoms. The van der Waals surface area contributed by atoms with Gasteiger partial charge in [0.25, 0.3) is 0 Å². The normalized spacial score (nSPS) is 18.4. The van der Waals surface area contributed by atoms with E-state index in [9.17, 15) is 9.59 Å². The summed E-state index contributed by atoms with van der Waals surface area (Å²) in [5.74, 6) is -0.0990. The fourth-order valence-corrected chi connectivity index (χ4v) is 2.87. The smallest absolute Gasteiger partial charge is 0.243 e. The third-order valence-corrected chi connectivity index (χ3v) is 4.00. The van der Waals surface area contributed by atoms with Crippen molar-refractivity contribution in [2.45, 2.75) is 45.3 Å². The van der Waals surface area contributed by atoms with Crippen LogP contribution in [0.4, 0.5) is 5.69 Å². The Bertz CT molecular complexity index is 560. The highest BCUT2D eigenvalue weighted by molar-refractivity contribution is 6.31. The minimum absolute atomic E-state index is 0.0239. The van der Waals surface area contributed by atoms with Crippen LogP contribution >= 0.6 is 11.6 Å². The Balaban J connectivity index is 2.00. The number of hydrogen-bond donors (Lipinski definition) is 2. The number of nitrogens with one attached hydrogen (secondary N) is 1. The van der Waals surface area contributed by atoms with E-state index < -0.39 is 0 Å². The predicted octanol–water partition coefficient (Wildman–Crippen LogP) is 1.94. The molecule has 1 heterocycles. The number of nitrogens with zero attached hydrogens (tertiary/aromatic N) is 1. The van der Waals surface area contributed by atoms with Gasteiger partial charge in [-0.3, -0.25) is 9.59 Å². The molecule has 1 aliphatic heterocycles. The van der Waals surface area contributed by atoms with Gasteiger partial charge in [-0.2, -0.15) is 0 Å². The van der Waals surface area contributed by atoms with Gasteiger partial charge in [0.1, 0.15) is 6.04 Å². The van der Waals surface area contributed by atoms with Crippen molar-refractivity contribution < 1.29 is 9.59 Å². The van der Waals surface area contributed by atoms with Gasteiger partial charge in [0.05, 0.1) is 0 Å². The van der Waals surface area contributed by atoms with Gasteiger partial charge in [-0.25, -0.2) is 0 Å². The predicted molar refractivity (Wildman–Crippen MR) is 82.7 cm³/mol. The molecule has 0 saturated carbocycles. The van der Waals surface area contributed by atoms with Crippen molar-refractivity contribution in [2.24, 2.45) is 0 Å². The topological polar surface area (TPSA) is 75.4 Å². The number of anilines is 1. The average molecular weight is 310 g/mol. The maximum Gasteiger partial charge on any atom is 0.243 e. The second-order valence-electron chi connectivity index (χ2n) is 5.52. The SMILES string of the molecule is CC(C)N1C(=O)CCC1C(=O)NCc1ccc(N)cc1Cl. The van der Waals surface area contributed by atoms with Gasteiger partial charge in [0.2, 0.25) is 11.8 Å². The molecule has 1 atom stereocenters. The van der Waals surface area contributed by atoms with E-state index in [0.717, 1.165) is 5.56 Å². The van der Waals surface area contributed by atoms with Crippen molar-refractivity contribution in [3.05, 3.63) is 28.8 Å². The monoisotopic (exact) mass is 309 g/mol. The van der Waals surface area contributed by atoms with Crippen LogP contribution in [0.3, 0.4) is 0 Å². The van der Waals surface area contributed by atoms with E-state index >= 15 is 0 Å². The van der Waals surface area contributed by atoms with Gasteiger partial charge < -0.3 is 16.0 Å². The van der Waals surface area contributed by atoms with Crippen LogP contribution in [0, 0.1) is 0 Å². The quantitative estimate of drug-likeness (QED) is 0.835. The zero-order valence-corrected chi connectivity index (χ0v) is 13.0. The van der Waals surface area contributed by atoms with Crippen LogP contribution in [0.25, 0.3) is 0 Å². The number of nitrogens with two attached hydrogens (primary N) is 1. The number of carbonyl (C=O) groups excluding carboxylic acids is 2. The zero-order valence-electron chi connectivity index (χ0n) is 12.2. The molecule has 1 aromatic carbocycles. The molecule has 2 rings (SSSR count). The van der Waals surface area contributed by atoms with Gasteiger partial charge in [0.15, 0.2) is 0 Å². The van der Waals surface area contributed by atoms with Crippen molar-refractivity contribution in [2.75, 3.05) is 5.73 Å². The number of amides is 2. The average Bonchev–Trinajstić information content (AvgIpc) is 2.79. The first-order valence-corrected chi connectivity index (χ1v) is 7.40. The molecule has 1 aromatic rings. The third kappa shape index (κ3) is 3.47. The summed E-state index contributed by atoms with van der Waals surface area (Å²) in [5.41, 5.74) is 7.02. The number of benzene rings is 1. The molecule has 0 aliphatic carbocycles. The standard InChI is InChI=1S/C15H20ClN3O2/c1-9(2)19-13(5-6-14(19)20)15(21)18-8-10-3-4-11(17)7-12(10)16/h3-4,7,9,13H,5-6,8,17H2,1-2H3,(H,18,21). The largest absolute Gasteiger partial charge is 0.399 e. The number of halogens is 1. The summed E-state index contributed by atoms with van der Waals surface area (Å²) in [6, 6.07) is 4.83. The first-order valence-electron chi connectivity index (χ1n) is 7.03. The molecule has 1 saturated heterocycles. The van der Waals surface area contributed by atoms with Crippen LogP contribution in [0.2, 0.25) is 5.02 Å². The number of likely N-dealkylation sites (tertiary alicyclic amines) is 1. The van der Waals surface area contributed by atoms with E-state index in [1.807, 2.05) is 13.8 Å². The fourth-order valence-electron chi connectivity index (χ4n) is 2.61. The summed E-state index contributed by atoms with van der Waals surface area (Å²) in [7, 11) is 0. The fraction of sp³-hybridized carbons (Fsp3) is 0.467. The maximum atomic E-state index is 12.3. The summed E-state index contributed by atoms with van der Waals surface area (Å²) in [6.07, 6.45) is 0.997. The van der Waals surface area contributed by atoms with Gasteiger partial charge in [-0.15, -0.1) is 0 Å². The molecule has 1 fully saturated rings. The highest BCUT2D eigenvalue weighted by Gasteiger charge is 2.37. The molecular weight excluding hydrogens is 290 g/mol. The summed E-state index contributed by atoms with van der Waals surface area (Å²) >= 11 is 6.08. The van der Waals surface area contributed by atoms with Gasteiger partial charge in [0, 0.05) is 29.7 Å². The van der Waals surface area contributed by atoms with E-state index in [1.54, 1.807) is 23.1 Å². The lowest BCUT2D eigenvalue weighted by Gasteiger charge is -2.27. The second kappa shape index (κ2) is 6.35. The first kappa shape index (κ1) is 15.6. The van der Waals surface area contributed by atoms with Crippen molar-refractivity contribution in [3.8, 4) is 0 Å². The Labute approximate surface area is 129 Å². The molecule has 2 amide bonds. The maximum absolute atomic E-state index is 12.3. The molecule has 0 radical (unpaired) electrons. The molecule has 0 bridgehead atoms. The molecule has 114 valence electrons. The minimum Gasteiger partial charge on any atom is -0.399 e. The van der Waals surface area contributed by atoms with Crippen LogP contribution in [-0.4, -0.2) is 28.8 Å². The molecule has 0 aromatic heterocycles. The van der Waals surface area contributed by atoms with Crippen LogP contribution in [0.5, 0.6) is 0 Å². The van der Waals surface area contributed by atoms with E-state index in [2.05, 4.69) is 5.32 Å². The number of rotatable bonds is 4. The molecule has 1 unspecified atom stereocenters.